The number of allylic oxidation sites excluding steroid dienone is 2. The zero-order chi connectivity index (χ0) is 24.7. The van der Waals surface area contributed by atoms with E-state index in [1.807, 2.05) is 13.8 Å². The number of hydrogen-bond donors (Lipinski definition) is 0. The zero-order valence-electron chi connectivity index (χ0n) is 21.8. The Morgan fingerprint density at radius 2 is 0.853 bits per heavy atom. The number of ether oxygens (including phenoxy) is 6. The summed E-state index contributed by atoms with van der Waals surface area (Å²) < 4.78 is 33.2. The molecule has 0 aliphatic rings. The van der Waals surface area contributed by atoms with Gasteiger partial charge in [-0.3, -0.25) is 0 Å². The van der Waals surface area contributed by atoms with E-state index >= 15 is 0 Å². The Kier molecular flexibility index (Phi) is 19.2. The van der Waals surface area contributed by atoms with Crippen molar-refractivity contribution in [2.45, 2.75) is 53.4 Å². The SMILES string of the molecule is CCCCOCCOCCO/C=C(\C)c1ccc(/C(C)=C/OCCOCCOCCCC)cc1. The van der Waals surface area contributed by atoms with E-state index in [0.29, 0.717) is 52.9 Å². The normalized spacial score (nSPS) is 12.2. The second-order valence-corrected chi connectivity index (χ2v) is 8.08. The van der Waals surface area contributed by atoms with Crippen LogP contribution < -0.4 is 0 Å². The molecule has 34 heavy (non-hydrogen) atoms. The van der Waals surface area contributed by atoms with Crippen molar-refractivity contribution in [1.82, 2.24) is 0 Å². The third kappa shape index (κ3) is 15.9. The van der Waals surface area contributed by atoms with E-state index in [9.17, 15) is 0 Å². The van der Waals surface area contributed by atoms with Crippen LogP contribution in [0.25, 0.3) is 11.1 Å². The van der Waals surface area contributed by atoms with Gasteiger partial charge in [-0.1, -0.05) is 51.0 Å². The fourth-order valence-electron chi connectivity index (χ4n) is 2.85. The van der Waals surface area contributed by atoms with Gasteiger partial charge in [0.05, 0.1) is 52.2 Å². The van der Waals surface area contributed by atoms with E-state index in [1.54, 1.807) is 12.5 Å². The van der Waals surface area contributed by atoms with Crippen molar-refractivity contribution in [2.24, 2.45) is 0 Å². The van der Waals surface area contributed by atoms with Gasteiger partial charge in [0.25, 0.3) is 0 Å². The molecular formula is C28H46O6. The third-order valence-electron chi connectivity index (χ3n) is 5.04. The predicted molar refractivity (Wildman–Crippen MR) is 139 cm³/mol. The Balaban J connectivity index is 2.18. The van der Waals surface area contributed by atoms with E-state index in [0.717, 1.165) is 61.2 Å². The topological polar surface area (TPSA) is 55.4 Å². The van der Waals surface area contributed by atoms with Crippen LogP contribution in [0.3, 0.4) is 0 Å². The first-order valence-electron chi connectivity index (χ1n) is 12.7. The molecule has 6 heteroatoms. The lowest BCUT2D eigenvalue weighted by Gasteiger charge is -2.08. The number of hydrogen-bond acceptors (Lipinski definition) is 6. The van der Waals surface area contributed by atoms with Crippen molar-refractivity contribution in [3.8, 4) is 0 Å². The molecule has 0 amide bonds. The smallest absolute Gasteiger partial charge is 0.111 e. The molecule has 1 rings (SSSR count). The molecule has 0 saturated carbocycles. The van der Waals surface area contributed by atoms with Gasteiger partial charge in [-0.15, -0.1) is 0 Å². The summed E-state index contributed by atoms with van der Waals surface area (Å²) in [6.45, 7) is 14.7. The van der Waals surface area contributed by atoms with Crippen LogP contribution in [0.5, 0.6) is 0 Å². The first kappa shape index (κ1) is 30.2. The van der Waals surface area contributed by atoms with Crippen LogP contribution >= 0.6 is 0 Å². The highest BCUT2D eigenvalue weighted by molar-refractivity contribution is 5.68. The van der Waals surface area contributed by atoms with Gasteiger partial charge < -0.3 is 28.4 Å². The Hall–Kier alpha value is -1.86. The minimum absolute atomic E-state index is 0.527. The molecule has 0 unspecified atom stereocenters. The number of benzene rings is 1. The van der Waals surface area contributed by atoms with Gasteiger partial charge >= 0.3 is 0 Å². The van der Waals surface area contributed by atoms with Crippen molar-refractivity contribution >= 4 is 11.1 Å². The average molecular weight is 479 g/mol. The summed E-state index contributed by atoms with van der Waals surface area (Å²) in [5, 5.41) is 0. The zero-order valence-corrected chi connectivity index (χ0v) is 21.8. The molecule has 0 heterocycles. The van der Waals surface area contributed by atoms with Crippen molar-refractivity contribution < 1.29 is 28.4 Å². The molecule has 0 aliphatic carbocycles. The standard InChI is InChI=1S/C28H46O6/c1-5-7-13-29-15-17-31-19-21-33-23-25(3)27-9-11-28(12-10-27)26(4)24-34-22-20-32-18-16-30-14-8-6-2/h9-12,23-24H,5-8,13-22H2,1-4H3/b25-23+,26-24+. The number of unbranched alkanes of at least 4 members (excludes halogenated alkanes) is 2. The van der Waals surface area contributed by atoms with E-state index < -0.39 is 0 Å². The summed E-state index contributed by atoms with van der Waals surface area (Å²) in [6, 6.07) is 8.36. The summed E-state index contributed by atoms with van der Waals surface area (Å²) in [5.74, 6) is 0. The van der Waals surface area contributed by atoms with Crippen molar-refractivity contribution in [3.05, 3.63) is 47.9 Å². The quantitative estimate of drug-likeness (QED) is 0.148. The highest BCUT2D eigenvalue weighted by Gasteiger charge is 2.00. The molecule has 0 atom stereocenters. The van der Waals surface area contributed by atoms with Gasteiger partial charge in [0.15, 0.2) is 0 Å². The van der Waals surface area contributed by atoms with Gasteiger partial charge in [-0.05, 0) is 49.0 Å². The van der Waals surface area contributed by atoms with Crippen LogP contribution in [-0.2, 0) is 28.4 Å². The van der Waals surface area contributed by atoms with Crippen LogP contribution in [0.1, 0.15) is 64.5 Å². The summed E-state index contributed by atoms with van der Waals surface area (Å²) in [4.78, 5) is 0. The van der Waals surface area contributed by atoms with E-state index in [-0.39, 0.29) is 0 Å². The maximum absolute atomic E-state index is 5.61. The van der Waals surface area contributed by atoms with Crippen LogP contribution in [0.2, 0.25) is 0 Å². The predicted octanol–water partition coefficient (Wildman–Crippen LogP) is 6.11. The summed E-state index contributed by atoms with van der Waals surface area (Å²) >= 11 is 0. The lowest BCUT2D eigenvalue weighted by Crippen LogP contribution is -2.08. The minimum atomic E-state index is 0.527. The van der Waals surface area contributed by atoms with Crippen molar-refractivity contribution in [2.75, 3.05) is 66.1 Å². The molecule has 1 aromatic carbocycles. The van der Waals surface area contributed by atoms with Crippen LogP contribution in [-0.4, -0.2) is 66.1 Å². The molecule has 0 aromatic heterocycles. The first-order chi connectivity index (χ1) is 16.7. The highest BCUT2D eigenvalue weighted by atomic mass is 16.5. The molecule has 0 spiro atoms. The lowest BCUT2D eigenvalue weighted by atomic mass is 10.0. The fourth-order valence-corrected chi connectivity index (χ4v) is 2.85. The second kappa shape index (κ2) is 21.7. The molecule has 0 fully saturated rings. The molecular weight excluding hydrogens is 432 g/mol. The lowest BCUT2D eigenvalue weighted by molar-refractivity contribution is 0.0300. The Morgan fingerprint density at radius 1 is 0.529 bits per heavy atom. The van der Waals surface area contributed by atoms with Crippen LogP contribution in [0, 0.1) is 0 Å². The maximum atomic E-state index is 5.61. The van der Waals surface area contributed by atoms with Crippen molar-refractivity contribution in [1.29, 1.82) is 0 Å². The number of rotatable bonds is 22. The van der Waals surface area contributed by atoms with Gasteiger partial charge in [0, 0.05) is 13.2 Å². The van der Waals surface area contributed by atoms with Crippen molar-refractivity contribution in [3.63, 3.8) is 0 Å². The average Bonchev–Trinajstić information content (AvgIpc) is 2.86. The summed E-state index contributed by atoms with van der Waals surface area (Å²) in [6.07, 6.45) is 8.08. The fraction of sp³-hybridized carbons (Fsp3) is 0.643. The molecule has 0 bridgehead atoms. The molecule has 0 aliphatic heterocycles. The molecule has 1 aromatic rings. The molecule has 6 nitrogen and oxygen atoms in total. The molecule has 0 N–H and O–H groups in total. The Bertz CT molecular complexity index is 596. The molecule has 0 saturated heterocycles. The molecule has 194 valence electrons. The van der Waals surface area contributed by atoms with Gasteiger partial charge in [0.2, 0.25) is 0 Å². The largest absolute Gasteiger partial charge is 0.498 e. The Labute approximate surface area is 207 Å². The highest BCUT2D eigenvalue weighted by Crippen LogP contribution is 2.19. The first-order valence-corrected chi connectivity index (χ1v) is 12.7. The van der Waals surface area contributed by atoms with E-state index in [1.165, 1.54) is 0 Å². The summed E-state index contributed by atoms with van der Waals surface area (Å²) in [7, 11) is 0. The van der Waals surface area contributed by atoms with Gasteiger partial charge in [-0.25, -0.2) is 0 Å². The Morgan fingerprint density at radius 3 is 1.21 bits per heavy atom. The van der Waals surface area contributed by atoms with Crippen LogP contribution in [0.4, 0.5) is 0 Å². The minimum Gasteiger partial charge on any atom is -0.498 e. The van der Waals surface area contributed by atoms with Gasteiger partial charge in [0.1, 0.15) is 13.2 Å². The van der Waals surface area contributed by atoms with Gasteiger partial charge in [-0.2, -0.15) is 0 Å². The second-order valence-electron chi connectivity index (χ2n) is 8.08. The van der Waals surface area contributed by atoms with E-state index in [4.69, 9.17) is 28.4 Å². The third-order valence-corrected chi connectivity index (χ3v) is 5.04. The maximum Gasteiger partial charge on any atom is 0.111 e. The van der Waals surface area contributed by atoms with E-state index in [2.05, 4.69) is 38.1 Å². The summed E-state index contributed by atoms with van der Waals surface area (Å²) in [5.41, 5.74) is 4.39. The monoisotopic (exact) mass is 478 g/mol. The molecule has 0 radical (unpaired) electrons. The van der Waals surface area contributed by atoms with Crippen LogP contribution in [0.15, 0.2) is 36.8 Å².